The van der Waals surface area contributed by atoms with Crippen molar-refractivity contribution in [2.24, 2.45) is 0 Å². The molecule has 136 valence electrons. The van der Waals surface area contributed by atoms with Crippen LogP contribution in [-0.2, 0) is 6.54 Å². The summed E-state index contributed by atoms with van der Waals surface area (Å²) in [4.78, 5) is 4.27. The predicted octanol–water partition coefficient (Wildman–Crippen LogP) is 3.19. The van der Waals surface area contributed by atoms with Crippen molar-refractivity contribution < 1.29 is 0 Å². The van der Waals surface area contributed by atoms with Gasteiger partial charge in [-0.2, -0.15) is 14.8 Å². The normalized spacial score (nSPS) is 11.0. The topological polar surface area (TPSA) is 96.7 Å². The van der Waals surface area contributed by atoms with E-state index in [1.165, 1.54) is 0 Å². The molecule has 0 amide bonds. The number of benzene rings is 2. The first-order chi connectivity index (χ1) is 13.9. The average Bonchev–Trinajstić information content (AvgIpc) is 3.45. The van der Waals surface area contributed by atoms with Crippen LogP contribution in [0.4, 0.5) is 5.82 Å². The fraction of sp³-hybridized carbons (Fsp3) is 0.0500. The van der Waals surface area contributed by atoms with Gasteiger partial charge in [-0.15, -0.1) is 10.2 Å². The van der Waals surface area contributed by atoms with E-state index in [-0.39, 0.29) is 0 Å². The second kappa shape index (κ2) is 6.92. The lowest BCUT2D eigenvalue weighted by molar-refractivity contribution is 0.881. The summed E-state index contributed by atoms with van der Waals surface area (Å²) in [7, 11) is 0. The smallest absolute Gasteiger partial charge is 0.205 e. The van der Waals surface area contributed by atoms with Gasteiger partial charge in [0.15, 0.2) is 5.65 Å². The molecule has 0 unspecified atom stereocenters. The lowest BCUT2D eigenvalue weighted by atomic mass is 9.98. The first-order valence-electron chi connectivity index (χ1n) is 8.83. The molecule has 0 spiro atoms. The molecule has 8 heteroatoms. The molecule has 5 rings (SSSR count). The van der Waals surface area contributed by atoms with Crippen LogP contribution >= 0.6 is 0 Å². The third-order valence-electron chi connectivity index (χ3n) is 4.54. The molecule has 0 atom stereocenters. The van der Waals surface area contributed by atoms with Crippen molar-refractivity contribution in [3.05, 3.63) is 78.6 Å². The zero-order valence-electron chi connectivity index (χ0n) is 14.8. The molecule has 2 N–H and O–H groups in total. The monoisotopic (exact) mass is 368 g/mol. The zero-order valence-corrected chi connectivity index (χ0v) is 14.8. The number of anilines is 1. The van der Waals surface area contributed by atoms with E-state index in [0.717, 1.165) is 33.7 Å². The number of rotatable bonds is 5. The van der Waals surface area contributed by atoms with E-state index in [0.29, 0.717) is 12.4 Å². The second-order valence-electron chi connectivity index (χ2n) is 6.26. The van der Waals surface area contributed by atoms with Gasteiger partial charge in [-0.1, -0.05) is 48.5 Å². The largest absolute Gasteiger partial charge is 0.366 e. The van der Waals surface area contributed by atoms with E-state index in [1.807, 2.05) is 30.3 Å². The molecule has 0 aliphatic carbocycles. The minimum atomic E-state index is 0.585. The van der Waals surface area contributed by atoms with Crippen molar-refractivity contribution in [1.82, 2.24) is 35.2 Å². The van der Waals surface area contributed by atoms with Gasteiger partial charge in [-0.25, -0.2) is 4.98 Å². The molecule has 0 bridgehead atoms. The Morgan fingerprint density at radius 2 is 1.75 bits per heavy atom. The minimum Gasteiger partial charge on any atom is -0.366 e. The van der Waals surface area contributed by atoms with Crippen LogP contribution in [0.2, 0.25) is 0 Å². The molecule has 0 radical (unpaired) electrons. The molecule has 3 heterocycles. The van der Waals surface area contributed by atoms with E-state index >= 15 is 0 Å². The molecule has 0 fully saturated rings. The molecule has 0 aliphatic heterocycles. The highest BCUT2D eigenvalue weighted by atomic mass is 15.5. The number of hydrogen-bond acceptors (Lipinski definition) is 6. The van der Waals surface area contributed by atoms with Gasteiger partial charge in [0, 0.05) is 24.4 Å². The second-order valence-corrected chi connectivity index (χ2v) is 6.26. The van der Waals surface area contributed by atoms with Gasteiger partial charge in [-0.3, -0.25) is 0 Å². The summed E-state index contributed by atoms with van der Waals surface area (Å²) in [6.45, 7) is 0.686. The molecule has 0 saturated heterocycles. The van der Waals surface area contributed by atoms with Crippen molar-refractivity contribution in [2.45, 2.75) is 6.54 Å². The van der Waals surface area contributed by atoms with Crippen LogP contribution in [0.1, 0.15) is 5.56 Å². The summed E-state index contributed by atoms with van der Waals surface area (Å²) in [6, 6.07) is 20.2. The van der Waals surface area contributed by atoms with Gasteiger partial charge in [0.2, 0.25) is 5.82 Å². The van der Waals surface area contributed by atoms with Gasteiger partial charge in [0.1, 0.15) is 5.82 Å². The molecule has 0 saturated carbocycles. The number of nitrogens with zero attached hydrogens (tertiary/aromatic N) is 6. The van der Waals surface area contributed by atoms with Gasteiger partial charge in [-0.05, 0) is 28.0 Å². The van der Waals surface area contributed by atoms with Crippen molar-refractivity contribution in [3.8, 4) is 22.5 Å². The molecular formula is C20H16N8. The minimum absolute atomic E-state index is 0.585. The molecule has 3 aromatic heterocycles. The van der Waals surface area contributed by atoms with E-state index in [9.17, 15) is 0 Å². The Bertz CT molecular complexity index is 1210. The van der Waals surface area contributed by atoms with Crippen molar-refractivity contribution >= 4 is 11.5 Å². The Balaban J connectivity index is 1.38. The number of H-pyrrole nitrogens is 1. The summed E-state index contributed by atoms with van der Waals surface area (Å²) < 4.78 is 1.79. The quantitative estimate of drug-likeness (QED) is 0.494. The van der Waals surface area contributed by atoms with E-state index in [1.54, 1.807) is 16.9 Å². The van der Waals surface area contributed by atoms with Crippen molar-refractivity contribution in [1.29, 1.82) is 0 Å². The predicted molar refractivity (Wildman–Crippen MR) is 105 cm³/mol. The van der Waals surface area contributed by atoms with Crippen LogP contribution < -0.4 is 5.32 Å². The third kappa shape index (κ3) is 2.96. The Morgan fingerprint density at radius 1 is 0.893 bits per heavy atom. The lowest BCUT2D eigenvalue weighted by Crippen LogP contribution is -2.05. The molecular weight excluding hydrogens is 352 g/mol. The van der Waals surface area contributed by atoms with Crippen LogP contribution in [0.25, 0.3) is 28.2 Å². The summed E-state index contributed by atoms with van der Waals surface area (Å²) in [5, 5.41) is 22.1. The molecule has 5 aromatic rings. The van der Waals surface area contributed by atoms with Crippen LogP contribution in [0.5, 0.6) is 0 Å². The number of hydrogen-bond donors (Lipinski definition) is 2. The summed E-state index contributed by atoms with van der Waals surface area (Å²) in [5.74, 6) is 1.49. The average molecular weight is 368 g/mol. The molecule has 0 aliphatic rings. The molecule has 28 heavy (non-hydrogen) atoms. The summed E-state index contributed by atoms with van der Waals surface area (Å²) in [5.41, 5.74) is 5.09. The van der Waals surface area contributed by atoms with E-state index < -0.39 is 0 Å². The van der Waals surface area contributed by atoms with E-state index in [2.05, 4.69) is 66.4 Å². The highest BCUT2D eigenvalue weighted by Gasteiger charge is 2.10. The fourth-order valence-corrected chi connectivity index (χ4v) is 3.17. The van der Waals surface area contributed by atoms with Gasteiger partial charge >= 0.3 is 0 Å². The molecule has 2 aromatic carbocycles. The van der Waals surface area contributed by atoms with E-state index in [4.69, 9.17) is 0 Å². The highest BCUT2D eigenvalue weighted by Crippen LogP contribution is 2.29. The number of aromatic nitrogens is 7. The third-order valence-corrected chi connectivity index (χ3v) is 4.54. The van der Waals surface area contributed by atoms with Gasteiger partial charge < -0.3 is 5.32 Å². The first kappa shape index (κ1) is 16.1. The van der Waals surface area contributed by atoms with Crippen LogP contribution in [0.15, 0.2) is 73.1 Å². The van der Waals surface area contributed by atoms with Gasteiger partial charge in [0.05, 0.1) is 6.20 Å². The lowest BCUT2D eigenvalue weighted by Gasteiger charge is -2.10. The number of nitrogens with one attached hydrogen (secondary N) is 2. The number of tetrazole rings is 1. The Morgan fingerprint density at radius 3 is 2.57 bits per heavy atom. The van der Waals surface area contributed by atoms with Crippen LogP contribution in [-0.4, -0.2) is 35.2 Å². The Kier molecular flexibility index (Phi) is 3.98. The number of fused-ring (bicyclic) bond motifs is 1. The SMILES string of the molecule is c1ccc(-c2nn[nH]n2)c(-c2ccc(CNc3ccnc4ccnn34)cc2)c1. The first-order valence-corrected chi connectivity index (χ1v) is 8.83. The van der Waals surface area contributed by atoms with Crippen molar-refractivity contribution in [2.75, 3.05) is 5.32 Å². The zero-order chi connectivity index (χ0) is 18.8. The van der Waals surface area contributed by atoms with Crippen LogP contribution in [0, 0.1) is 0 Å². The fourth-order valence-electron chi connectivity index (χ4n) is 3.17. The molecule has 8 nitrogen and oxygen atoms in total. The summed E-state index contributed by atoms with van der Waals surface area (Å²) in [6.07, 6.45) is 3.51. The Labute approximate surface area is 160 Å². The highest BCUT2D eigenvalue weighted by molar-refractivity contribution is 5.80. The maximum atomic E-state index is 4.29. The maximum Gasteiger partial charge on any atom is 0.205 e. The summed E-state index contributed by atoms with van der Waals surface area (Å²) >= 11 is 0. The van der Waals surface area contributed by atoms with Gasteiger partial charge in [0.25, 0.3) is 0 Å². The standard InChI is InChI=1S/C20H16N8/c1-2-4-17(20-24-26-27-25-20)16(3-1)15-7-5-14(6-8-15)13-22-19-9-11-21-18-10-12-23-28(18)19/h1-12,22H,13H2,(H,24,25,26,27). The number of aromatic amines is 1. The maximum absolute atomic E-state index is 4.29. The Hall–Kier alpha value is -4.07. The van der Waals surface area contributed by atoms with Crippen LogP contribution in [0.3, 0.4) is 0 Å². The van der Waals surface area contributed by atoms with Crippen molar-refractivity contribution in [3.63, 3.8) is 0 Å².